The van der Waals surface area contributed by atoms with E-state index in [0.29, 0.717) is 36.6 Å². The van der Waals surface area contributed by atoms with Crippen LogP contribution in [0, 0.1) is 5.82 Å². The van der Waals surface area contributed by atoms with Crippen LogP contribution in [0.5, 0.6) is 0 Å². The topological polar surface area (TPSA) is 112 Å². The lowest BCUT2D eigenvalue weighted by Crippen LogP contribution is -2.46. The zero-order valence-corrected chi connectivity index (χ0v) is 25.9. The van der Waals surface area contributed by atoms with Gasteiger partial charge in [-0.3, -0.25) is 19.3 Å². The highest BCUT2D eigenvalue weighted by atomic mass is 19.1. The van der Waals surface area contributed by atoms with Gasteiger partial charge in [-0.25, -0.2) is 9.37 Å². The number of para-hydroxylation sites is 1. The first-order chi connectivity index (χ1) is 22.9. The predicted molar refractivity (Wildman–Crippen MR) is 177 cm³/mol. The summed E-state index contributed by atoms with van der Waals surface area (Å²) in [5.41, 5.74) is 6.60. The number of nitrogens with one attached hydrogen (secondary N) is 2. The number of hydrogen-bond acceptors (Lipinski definition) is 6. The average Bonchev–Trinajstić information content (AvgIpc) is 3.78. The number of likely N-dealkylation sites (tertiary alicyclic amines) is 1. The van der Waals surface area contributed by atoms with Crippen molar-refractivity contribution in [2.75, 3.05) is 26.2 Å². The van der Waals surface area contributed by atoms with E-state index in [1.807, 2.05) is 54.5 Å². The third kappa shape index (κ3) is 5.22. The second kappa shape index (κ2) is 11.7. The monoisotopic (exact) mass is 628 g/mol. The summed E-state index contributed by atoms with van der Waals surface area (Å²) in [5.74, 6) is -0.521. The van der Waals surface area contributed by atoms with E-state index in [-0.39, 0.29) is 23.7 Å². The number of nitrogens with zero attached hydrogens (tertiary/aromatic N) is 6. The number of carbonyl (C=O) groups is 2. The number of amides is 2. The van der Waals surface area contributed by atoms with Gasteiger partial charge in [0.15, 0.2) is 5.69 Å². The van der Waals surface area contributed by atoms with E-state index in [1.165, 1.54) is 12.1 Å². The summed E-state index contributed by atoms with van der Waals surface area (Å²) < 4.78 is 15.4. The molecule has 0 atom stereocenters. The minimum absolute atomic E-state index is 0.0126. The van der Waals surface area contributed by atoms with E-state index < -0.39 is 0 Å². The first kappa shape index (κ1) is 29.0. The number of aromatic amines is 1. The number of carbonyl (C=O) groups excluding carboxylic acids is 2. The summed E-state index contributed by atoms with van der Waals surface area (Å²) in [5, 5.41) is 9.74. The van der Waals surface area contributed by atoms with Gasteiger partial charge in [-0.05, 0) is 55.3 Å². The van der Waals surface area contributed by atoms with Crippen molar-refractivity contribution in [1.29, 1.82) is 0 Å². The predicted octanol–water partition coefficient (Wildman–Crippen LogP) is 5.17. The lowest BCUT2D eigenvalue weighted by atomic mass is 9.97. The van der Waals surface area contributed by atoms with Crippen LogP contribution < -0.4 is 5.32 Å². The van der Waals surface area contributed by atoms with Gasteiger partial charge in [0.2, 0.25) is 0 Å². The van der Waals surface area contributed by atoms with Crippen molar-refractivity contribution >= 4 is 33.6 Å². The Balaban J connectivity index is 0.908. The Labute approximate surface area is 270 Å². The van der Waals surface area contributed by atoms with Crippen LogP contribution in [0.2, 0.25) is 0 Å². The van der Waals surface area contributed by atoms with Crippen molar-refractivity contribution < 1.29 is 14.0 Å². The van der Waals surface area contributed by atoms with Crippen LogP contribution in [-0.2, 0) is 13.6 Å². The first-order valence-corrected chi connectivity index (χ1v) is 15.9. The molecular weight excluding hydrogens is 595 g/mol. The highest BCUT2D eigenvalue weighted by molar-refractivity contribution is 6.13. The smallest absolute Gasteiger partial charge is 0.272 e. The van der Waals surface area contributed by atoms with Gasteiger partial charge in [-0.2, -0.15) is 5.10 Å². The van der Waals surface area contributed by atoms with E-state index in [0.717, 1.165) is 70.1 Å². The van der Waals surface area contributed by atoms with Gasteiger partial charge < -0.3 is 20.1 Å². The number of pyridine rings is 2. The van der Waals surface area contributed by atoms with Crippen molar-refractivity contribution in [3.8, 4) is 22.4 Å². The molecule has 0 unspecified atom stereocenters. The average molecular weight is 629 g/mol. The van der Waals surface area contributed by atoms with Crippen LogP contribution in [-0.4, -0.2) is 78.6 Å². The molecular formula is C36H33FN8O2. The van der Waals surface area contributed by atoms with E-state index in [2.05, 4.69) is 30.3 Å². The Morgan fingerprint density at radius 2 is 1.77 bits per heavy atom. The molecule has 0 bridgehead atoms. The largest absolute Gasteiger partial charge is 0.353 e. The summed E-state index contributed by atoms with van der Waals surface area (Å²) in [6.45, 7) is 3.35. The fourth-order valence-electron chi connectivity index (χ4n) is 7.08. The van der Waals surface area contributed by atoms with Crippen LogP contribution in [0.4, 0.5) is 4.39 Å². The number of rotatable bonds is 7. The minimum Gasteiger partial charge on any atom is -0.353 e. The zero-order valence-electron chi connectivity index (χ0n) is 25.9. The number of halogens is 1. The summed E-state index contributed by atoms with van der Waals surface area (Å²) in [6, 6.07) is 18.1. The molecule has 0 spiro atoms. The number of hydrogen-bond donors (Lipinski definition) is 2. The molecule has 0 radical (unpaired) electrons. The third-order valence-electron chi connectivity index (χ3n) is 9.42. The molecule has 2 amide bonds. The van der Waals surface area contributed by atoms with Gasteiger partial charge in [0.25, 0.3) is 11.8 Å². The van der Waals surface area contributed by atoms with Crippen molar-refractivity contribution in [1.82, 2.24) is 39.8 Å². The van der Waals surface area contributed by atoms with E-state index in [1.54, 1.807) is 29.2 Å². The maximum absolute atomic E-state index is 13.9. The number of fused-ring (bicyclic) bond motifs is 4. The normalized spacial score (nSPS) is 15.5. The Hall–Kier alpha value is -5.42. The third-order valence-corrected chi connectivity index (χ3v) is 9.42. The molecule has 6 aromatic rings. The molecule has 2 aromatic carbocycles. The Bertz CT molecular complexity index is 2150. The van der Waals surface area contributed by atoms with Crippen LogP contribution in [0.25, 0.3) is 44.2 Å². The molecule has 2 aliphatic heterocycles. The molecule has 2 N–H and O–H groups in total. The van der Waals surface area contributed by atoms with Gasteiger partial charge in [-0.15, -0.1) is 0 Å². The zero-order chi connectivity index (χ0) is 32.1. The highest BCUT2D eigenvalue weighted by Crippen LogP contribution is 2.38. The second-order valence-corrected chi connectivity index (χ2v) is 12.3. The van der Waals surface area contributed by atoms with Crippen LogP contribution in [0.15, 0.2) is 79.3 Å². The molecule has 1 saturated heterocycles. The SMILES string of the molecule is Cn1cc(-c2ccnc3c2C(=O)N(C2CCN(CCNC(=O)c4nccc5c4[nH]c4ccccc45)CC2)C3)c(-c2ccc(F)cc2)n1. The molecule has 10 nitrogen and oxygen atoms in total. The van der Waals surface area contributed by atoms with Crippen molar-refractivity contribution in [2.45, 2.75) is 25.4 Å². The minimum atomic E-state index is -0.311. The van der Waals surface area contributed by atoms with Gasteiger partial charge in [-0.1, -0.05) is 18.2 Å². The standard InChI is InChI=1S/C36H33FN8O2/c1-43-20-28(32(42-43)22-6-8-23(37)9-7-22)26-10-14-38-30-21-45(36(47)31(26)30)24-12-17-44(18-13-24)19-16-40-35(46)34-33-27(11-15-39-34)25-4-2-3-5-29(25)41-33/h2-11,14-15,20,24,41H,12-13,16-19,21H2,1H3,(H,40,46). The van der Waals surface area contributed by atoms with Crippen LogP contribution >= 0.6 is 0 Å². The lowest BCUT2D eigenvalue weighted by molar-refractivity contribution is 0.0595. The molecule has 2 aliphatic rings. The first-order valence-electron chi connectivity index (χ1n) is 15.9. The molecule has 4 aromatic heterocycles. The van der Waals surface area contributed by atoms with Gasteiger partial charge >= 0.3 is 0 Å². The fourth-order valence-corrected chi connectivity index (χ4v) is 7.08. The van der Waals surface area contributed by atoms with Gasteiger partial charge in [0, 0.05) is 90.8 Å². The molecule has 0 saturated carbocycles. The molecule has 8 rings (SSSR count). The van der Waals surface area contributed by atoms with Crippen molar-refractivity contribution in [3.05, 3.63) is 102 Å². The van der Waals surface area contributed by atoms with Gasteiger partial charge in [0.1, 0.15) is 11.5 Å². The van der Waals surface area contributed by atoms with Crippen LogP contribution in [0.3, 0.4) is 0 Å². The van der Waals surface area contributed by atoms with Gasteiger partial charge in [0.05, 0.1) is 23.3 Å². The number of aromatic nitrogens is 5. The Morgan fingerprint density at radius 3 is 2.60 bits per heavy atom. The maximum Gasteiger partial charge on any atom is 0.272 e. The molecule has 0 aliphatic carbocycles. The van der Waals surface area contributed by atoms with E-state index in [9.17, 15) is 14.0 Å². The second-order valence-electron chi connectivity index (χ2n) is 12.3. The maximum atomic E-state index is 13.9. The molecule has 6 heterocycles. The summed E-state index contributed by atoms with van der Waals surface area (Å²) in [7, 11) is 1.84. The summed E-state index contributed by atoms with van der Waals surface area (Å²) in [6.07, 6.45) is 7.01. The molecule has 1 fully saturated rings. The number of aryl methyl sites for hydroxylation is 1. The molecule has 11 heteroatoms. The van der Waals surface area contributed by atoms with E-state index in [4.69, 9.17) is 0 Å². The molecule has 47 heavy (non-hydrogen) atoms. The number of benzene rings is 2. The van der Waals surface area contributed by atoms with Crippen molar-refractivity contribution in [2.24, 2.45) is 7.05 Å². The highest BCUT2D eigenvalue weighted by Gasteiger charge is 2.37. The summed E-state index contributed by atoms with van der Waals surface area (Å²) in [4.78, 5) is 43.7. The van der Waals surface area contributed by atoms with Crippen LogP contribution in [0.1, 0.15) is 39.4 Å². The number of H-pyrrole nitrogens is 1. The summed E-state index contributed by atoms with van der Waals surface area (Å²) >= 11 is 0. The fraction of sp³-hybridized carbons (Fsp3) is 0.250. The Morgan fingerprint density at radius 1 is 0.979 bits per heavy atom. The van der Waals surface area contributed by atoms with E-state index >= 15 is 0 Å². The quantitative estimate of drug-likeness (QED) is 0.253. The number of piperidine rings is 1. The Kier molecular flexibility index (Phi) is 7.25. The molecule has 236 valence electrons. The lowest BCUT2D eigenvalue weighted by Gasteiger charge is -2.36. The van der Waals surface area contributed by atoms with Crippen molar-refractivity contribution in [3.63, 3.8) is 0 Å².